The summed E-state index contributed by atoms with van der Waals surface area (Å²) in [5, 5.41) is 2.71. The van der Waals surface area contributed by atoms with E-state index in [2.05, 4.69) is 5.32 Å². The molecule has 0 fully saturated rings. The van der Waals surface area contributed by atoms with Crippen LogP contribution in [0.2, 0.25) is 0 Å². The molecule has 156 valence electrons. The van der Waals surface area contributed by atoms with Gasteiger partial charge in [-0.25, -0.2) is 8.42 Å². The first kappa shape index (κ1) is 21.2. The van der Waals surface area contributed by atoms with Gasteiger partial charge in [-0.05, 0) is 60.7 Å². The van der Waals surface area contributed by atoms with Crippen molar-refractivity contribution in [2.24, 2.45) is 0 Å². The molecule has 3 aromatic carbocycles. The number of hydrogen-bond donors (Lipinski definition) is 1. The zero-order chi connectivity index (χ0) is 21.6. The molecule has 0 aliphatic rings. The van der Waals surface area contributed by atoms with Crippen LogP contribution in [0.1, 0.15) is 0 Å². The second-order valence-electron chi connectivity index (χ2n) is 6.30. The van der Waals surface area contributed by atoms with Crippen LogP contribution in [-0.2, 0) is 14.8 Å². The highest BCUT2D eigenvalue weighted by Gasteiger charge is 2.27. The summed E-state index contributed by atoms with van der Waals surface area (Å²) in [4.78, 5) is 12.8. The largest absolute Gasteiger partial charge is 0.497 e. The standard InChI is InChI=1S/C22H22N2O5S/c1-28-19-12-8-17(9-13-19)23-22(25)16-24(18-10-14-20(29-2)15-11-18)30(26,27)21-6-4-3-5-7-21/h3-15H,16H2,1-2H3,(H,23,25). The summed E-state index contributed by atoms with van der Waals surface area (Å²) in [6.45, 7) is -0.393. The Morgan fingerprint density at radius 3 is 1.90 bits per heavy atom. The smallest absolute Gasteiger partial charge is 0.264 e. The lowest BCUT2D eigenvalue weighted by atomic mass is 10.3. The van der Waals surface area contributed by atoms with Gasteiger partial charge in [0.15, 0.2) is 0 Å². The van der Waals surface area contributed by atoms with Crippen LogP contribution in [0.15, 0.2) is 83.8 Å². The van der Waals surface area contributed by atoms with Crippen molar-refractivity contribution in [3.05, 3.63) is 78.9 Å². The maximum atomic E-state index is 13.3. The van der Waals surface area contributed by atoms with Crippen molar-refractivity contribution < 1.29 is 22.7 Å². The number of methoxy groups -OCH3 is 2. The Bertz CT molecular complexity index is 1080. The molecule has 30 heavy (non-hydrogen) atoms. The maximum Gasteiger partial charge on any atom is 0.264 e. The van der Waals surface area contributed by atoms with Crippen LogP contribution in [0.25, 0.3) is 0 Å². The van der Waals surface area contributed by atoms with E-state index in [0.29, 0.717) is 22.9 Å². The van der Waals surface area contributed by atoms with E-state index in [1.807, 2.05) is 0 Å². The molecule has 0 atom stereocenters. The second-order valence-corrected chi connectivity index (χ2v) is 8.16. The third-order valence-corrected chi connectivity index (χ3v) is 6.14. The molecule has 0 aromatic heterocycles. The fourth-order valence-electron chi connectivity index (χ4n) is 2.79. The molecule has 8 heteroatoms. The third-order valence-electron chi connectivity index (χ3n) is 4.35. The molecule has 0 heterocycles. The van der Waals surface area contributed by atoms with Gasteiger partial charge in [-0.3, -0.25) is 9.10 Å². The van der Waals surface area contributed by atoms with Gasteiger partial charge < -0.3 is 14.8 Å². The van der Waals surface area contributed by atoms with E-state index in [1.54, 1.807) is 73.8 Å². The predicted molar refractivity (Wildman–Crippen MR) is 116 cm³/mol. The van der Waals surface area contributed by atoms with Gasteiger partial charge in [-0.1, -0.05) is 18.2 Å². The average molecular weight is 426 g/mol. The maximum absolute atomic E-state index is 13.3. The highest BCUT2D eigenvalue weighted by atomic mass is 32.2. The monoisotopic (exact) mass is 426 g/mol. The predicted octanol–water partition coefficient (Wildman–Crippen LogP) is 3.54. The van der Waals surface area contributed by atoms with Gasteiger partial charge in [0.2, 0.25) is 5.91 Å². The highest BCUT2D eigenvalue weighted by molar-refractivity contribution is 7.92. The quantitative estimate of drug-likeness (QED) is 0.596. The number of carbonyl (C=O) groups excluding carboxylic acids is 1. The summed E-state index contributed by atoms with van der Waals surface area (Å²) in [5.74, 6) is 0.758. The zero-order valence-electron chi connectivity index (χ0n) is 16.6. The Hall–Kier alpha value is -3.52. The Morgan fingerprint density at radius 2 is 1.37 bits per heavy atom. The Morgan fingerprint density at radius 1 is 0.833 bits per heavy atom. The molecule has 7 nitrogen and oxygen atoms in total. The summed E-state index contributed by atoms with van der Waals surface area (Å²) >= 11 is 0. The molecule has 0 spiro atoms. The number of sulfonamides is 1. The molecule has 3 aromatic rings. The first-order valence-corrected chi connectivity index (χ1v) is 10.5. The molecule has 0 aliphatic carbocycles. The first-order chi connectivity index (χ1) is 14.4. The molecule has 0 radical (unpaired) electrons. The number of rotatable bonds is 8. The van der Waals surface area contributed by atoms with E-state index in [0.717, 1.165) is 4.31 Å². The van der Waals surface area contributed by atoms with Crippen LogP contribution in [0.5, 0.6) is 11.5 Å². The minimum absolute atomic E-state index is 0.0954. The normalized spacial score (nSPS) is 10.9. The number of ether oxygens (including phenoxy) is 2. The lowest BCUT2D eigenvalue weighted by Crippen LogP contribution is -2.38. The van der Waals surface area contributed by atoms with Crippen LogP contribution in [0, 0.1) is 0 Å². The zero-order valence-corrected chi connectivity index (χ0v) is 17.4. The summed E-state index contributed by atoms with van der Waals surface area (Å²) in [6, 6.07) is 21.2. The Kier molecular flexibility index (Phi) is 6.58. The number of nitrogens with zero attached hydrogens (tertiary/aromatic N) is 1. The molecule has 0 aliphatic heterocycles. The van der Waals surface area contributed by atoms with Crippen LogP contribution in [0.3, 0.4) is 0 Å². The molecule has 0 unspecified atom stereocenters. The number of anilines is 2. The summed E-state index contributed by atoms with van der Waals surface area (Å²) < 4.78 is 37.8. The summed E-state index contributed by atoms with van der Waals surface area (Å²) in [6.07, 6.45) is 0. The van der Waals surface area contributed by atoms with Gasteiger partial charge in [0.1, 0.15) is 18.0 Å². The number of nitrogens with one attached hydrogen (secondary N) is 1. The number of carbonyl (C=O) groups is 1. The second kappa shape index (κ2) is 9.32. The molecule has 0 bridgehead atoms. The lowest BCUT2D eigenvalue weighted by molar-refractivity contribution is -0.114. The van der Waals surface area contributed by atoms with Crippen molar-refractivity contribution in [2.75, 3.05) is 30.4 Å². The van der Waals surface area contributed by atoms with Crippen molar-refractivity contribution >= 4 is 27.3 Å². The topological polar surface area (TPSA) is 84.9 Å². The number of amides is 1. The summed E-state index contributed by atoms with van der Waals surface area (Å²) in [7, 11) is -0.886. The molecule has 0 saturated heterocycles. The van der Waals surface area contributed by atoms with Gasteiger partial charge in [0.25, 0.3) is 10.0 Å². The van der Waals surface area contributed by atoms with Crippen LogP contribution in [-0.4, -0.2) is 35.1 Å². The molecule has 0 saturated carbocycles. The van der Waals surface area contributed by atoms with Crippen LogP contribution in [0.4, 0.5) is 11.4 Å². The van der Waals surface area contributed by atoms with E-state index in [4.69, 9.17) is 9.47 Å². The van der Waals surface area contributed by atoms with E-state index in [1.165, 1.54) is 19.2 Å². The lowest BCUT2D eigenvalue weighted by Gasteiger charge is -2.24. The Balaban J connectivity index is 1.89. The average Bonchev–Trinajstić information content (AvgIpc) is 2.78. The van der Waals surface area contributed by atoms with Gasteiger partial charge in [-0.2, -0.15) is 0 Å². The van der Waals surface area contributed by atoms with Crippen LogP contribution >= 0.6 is 0 Å². The van der Waals surface area contributed by atoms with Crippen molar-refractivity contribution in [3.8, 4) is 11.5 Å². The minimum Gasteiger partial charge on any atom is -0.497 e. The van der Waals surface area contributed by atoms with Crippen molar-refractivity contribution in [1.29, 1.82) is 0 Å². The van der Waals surface area contributed by atoms with Gasteiger partial charge in [-0.15, -0.1) is 0 Å². The SMILES string of the molecule is COc1ccc(NC(=O)CN(c2ccc(OC)cc2)S(=O)(=O)c2ccccc2)cc1. The van der Waals surface area contributed by atoms with E-state index in [9.17, 15) is 13.2 Å². The van der Waals surface area contributed by atoms with Gasteiger partial charge >= 0.3 is 0 Å². The summed E-state index contributed by atoms with van der Waals surface area (Å²) in [5.41, 5.74) is 0.886. The third kappa shape index (κ3) is 4.90. The van der Waals surface area contributed by atoms with Crippen LogP contribution < -0.4 is 19.1 Å². The molecule has 1 amide bonds. The van der Waals surface area contributed by atoms with Gasteiger partial charge in [0, 0.05) is 5.69 Å². The van der Waals surface area contributed by atoms with E-state index >= 15 is 0 Å². The van der Waals surface area contributed by atoms with Crippen molar-refractivity contribution in [3.63, 3.8) is 0 Å². The van der Waals surface area contributed by atoms with E-state index in [-0.39, 0.29) is 4.90 Å². The molecule has 3 rings (SSSR count). The first-order valence-electron chi connectivity index (χ1n) is 9.10. The fraction of sp³-hybridized carbons (Fsp3) is 0.136. The van der Waals surface area contributed by atoms with Crippen molar-refractivity contribution in [1.82, 2.24) is 0 Å². The Labute approximate surface area is 175 Å². The number of hydrogen-bond acceptors (Lipinski definition) is 5. The molecular weight excluding hydrogens is 404 g/mol. The minimum atomic E-state index is -3.96. The fourth-order valence-corrected chi connectivity index (χ4v) is 4.23. The molecule has 1 N–H and O–H groups in total. The van der Waals surface area contributed by atoms with Gasteiger partial charge in [0.05, 0.1) is 24.8 Å². The number of benzene rings is 3. The van der Waals surface area contributed by atoms with E-state index < -0.39 is 22.5 Å². The molecular formula is C22H22N2O5S. The van der Waals surface area contributed by atoms with Crippen molar-refractivity contribution in [2.45, 2.75) is 4.90 Å². The highest BCUT2D eigenvalue weighted by Crippen LogP contribution is 2.26.